The van der Waals surface area contributed by atoms with Gasteiger partial charge in [0.15, 0.2) is 0 Å². The second kappa shape index (κ2) is 7.99. The van der Waals surface area contributed by atoms with Crippen molar-refractivity contribution in [2.45, 2.75) is 31.3 Å². The first-order valence-corrected chi connectivity index (χ1v) is 10.4. The van der Waals surface area contributed by atoms with E-state index in [9.17, 15) is 18.0 Å². The standard InChI is InChI=1S/C19H22N4O4S/c1-3-12-22-16-6-4-5-7-17(16)23(19(22)25)13-18(24)21-14-8-10-15(11-9-14)28(26,27)20-2/h4-11,20H,3,12-13H2,1-2H3,(H,21,24). The number of nitrogens with one attached hydrogen (secondary N) is 2. The van der Waals surface area contributed by atoms with Crippen LogP contribution < -0.4 is 15.7 Å². The van der Waals surface area contributed by atoms with Gasteiger partial charge in [-0.1, -0.05) is 19.1 Å². The highest BCUT2D eigenvalue weighted by molar-refractivity contribution is 7.89. The predicted molar refractivity (Wildman–Crippen MR) is 108 cm³/mol. The third kappa shape index (κ3) is 3.85. The van der Waals surface area contributed by atoms with Crippen LogP contribution in [-0.4, -0.2) is 30.5 Å². The van der Waals surface area contributed by atoms with E-state index in [1.807, 2.05) is 31.2 Å². The lowest BCUT2D eigenvalue weighted by atomic mass is 10.3. The summed E-state index contributed by atoms with van der Waals surface area (Å²) < 4.78 is 28.9. The van der Waals surface area contributed by atoms with Crippen LogP contribution >= 0.6 is 0 Å². The Morgan fingerprint density at radius 2 is 1.61 bits per heavy atom. The fourth-order valence-corrected chi connectivity index (χ4v) is 3.77. The highest BCUT2D eigenvalue weighted by Gasteiger charge is 2.15. The molecule has 0 fully saturated rings. The van der Waals surface area contributed by atoms with Gasteiger partial charge in [0.1, 0.15) is 6.54 Å². The Kier molecular flexibility index (Phi) is 5.66. The SMILES string of the molecule is CCCn1c(=O)n(CC(=O)Nc2ccc(S(=O)(=O)NC)cc2)c2ccccc21. The third-order valence-corrected chi connectivity index (χ3v) is 5.82. The number of benzene rings is 2. The van der Waals surface area contributed by atoms with Crippen molar-refractivity contribution in [1.29, 1.82) is 0 Å². The van der Waals surface area contributed by atoms with Crippen molar-refractivity contribution in [2.75, 3.05) is 12.4 Å². The molecule has 0 aliphatic rings. The number of fused-ring (bicyclic) bond motifs is 1. The van der Waals surface area contributed by atoms with Crippen LogP contribution in [0.15, 0.2) is 58.2 Å². The molecule has 0 bridgehead atoms. The van der Waals surface area contributed by atoms with Crippen LogP contribution in [0.5, 0.6) is 0 Å². The van der Waals surface area contributed by atoms with Crippen LogP contribution in [0.25, 0.3) is 11.0 Å². The molecule has 0 spiro atoms. The van der Waals surface area contributed by atoms with E-state index in [0.29, 0.717) is 17.7 Å². The summed E-state index contributed by atoms with van der Waals surface area (Å²) in [5.41, 5.74) is 1.72. The molecule has 28 heavy (non-hydrogen) atoms. The minimum atomic E-state index is -3.54. The van der Waals surface area contributed by atoms with E-state index >= 15 is 0 Å². The maximum atomic E-state index is 12.7. The zero-order valence-corrected chi connectivity index (χ0v) is 16.5. The number of nitrogens with zero attached hydrogens (tertiary/aromatic N) is 2. The van der Waals surface area contributed by atoms with Crippen LogP contribution in [-0.2, 0) is 27.9 Å². The Bertz CT molecular complexity index is 1160. The molecule has 9 heteroatoms. The molecule has 3 rings (SSSR count). The molecule has 0 atom stereocenters. The maximum Gasteiger partial charge on any atom is 0.329 e. The summed E-state index contributed by atoms with van der Waals surface area (Å²) in [7, 11) is -2.20. The quantitative estimate of drug-likeness (QED) is 0.629. The number of anilines is 1. The zero-order chi connectivity index (χ0) is 20.3. The number of rotatable bonds is 7. The van der Waals surface area contributed by atoms with Gasteiger partial charge >= 0.3 is 5.69 Å². The first kappa shape index (κ1) is 19.8. The molecule has 1 aromatic heterocycles. The number of aromatic nitrogens is 2. The Balaban J connectivity index is 1.82. The minimum absolute atomic E-state index is 0.104. The first-order chi connectivity index (χ1) is 13.4. The van der Waals surface area contributed by atoms with E-state index in [0.717, 1.165) is 11.9 Å². The maximum absolute atomic E-state index is 12.7. The van der Waals surface area contributed by atoms with Crippen LogP contribution in [0.4, 0.5) is 5.69 Å². The van der Waals surface area contributed by atoms with Crippen molar-refractivity contribution < 1.29 is 13.2 Å². The van der Waals surface area contributed by atoms with E-state index in [-0.39, 0.29) is 23.0 Å². The lowest BCUT2D eigenvalue weighted by Gasteiger charge is -2.08. The van der Waals surface area contributed by atoms with E-state index in [2.05, 4.69) is 10.0 Å². The second-order valence-electron chi connectivity index (χ2n) is 6.29. The zero-order valence-electron chi connectivity index (χ0n) is 15.7. The summed E-state index contributed by atoms with van der Waals surface area (Å²) in [6.45, 7) is 2.44. The Hall–Kier alpha value is -2.91. The average molecular weight is 402 g/mol. The third-order valence-electron chi connectivity index (χ3n) is 4.39. The molecule has 2 aromatic carbocycles. The Morgan fingerprint density at radius 3 is 2.18 bits per heavy atom. The molecule has 0 aliphatic heterocycles. The topological polar surface area (TPSA) is 102 Å². The Morgan fingerprint density at radius 1 is 1.00 bits per heavy atom. The summed E-state index contributed by atoms with van der Waals surface area (Å²) >= 11 is 0. The van der Waals surface area contributed by atoms with Gasteiger partial charge in [-0.05, 0) is 49.9 Å². The summed E-state index contributed by atoms with van der Waals surface area (Å²) in [6.07, 6.45) is 0.808. The second-order valence-corrected chi connectivity index (χ2v) is 8.18. The monoisotopic (exact) mass is 402 g/mol. The molecule has 1 heterocycles. The number of carbonyl (C=O) groups excluding carboxylic acids is 1. The fraction of sp³-hybridized carbons (Fsp3) is 0.263. The van der Waals surface area contributed by atoms with Gasteiger partial charge in [-0.3, -0.25) is 13.9 Å². The summed E-state index contributed by atoms with van der Waals surface area (Å²) in [6, 6.07) is 13.2. The van der Waals surface area contributed by atoms with Crippen molar-refractivity contribution in [2.24, 2.45) is 0 Å². The molecule has 8 nitrogen and oxygen atoms in total. The van der Waals surface area contributed by atoms with Crippen LogP contribution in [0.1, 0.15) is 13.3 Å². The summed E-state index contributed by atoms with van der Waals surface area (Å²) in [4.78, 5) is 25.3. The summed E-state index contributed by atoms with van der Waals surface area (Å²) in [5, 5.41) is 2.70. The molecular formula is C19H22N4O4S. The van der Waals surface area contributed by atoms with Crippen LogP contribution in [0.3, 0.4) is 0 Å². The molecule has 0 radical (unpaired) electrons. The van der Waals surface area contributed by atoms with Gasteiger partial charge < -0.3 is 5.32 Å². The molecule has 3 aromatic rings. The lowest BCUT2D eigenvalue weighted by Crippen LogP contribution is -2.29. The number of imidazole rings is 1. The highest BCUT2D eigenvalue weighted by atomic mass is 32.2. The largest absolute Gasteiger partial charge is 0.329 e. The number of sulfonamides is 1. The number of amides is 1. The van der Waals surface area contributed by atoms with Crippen molar-refractivity contribution in [1.82, 2.24) is 13.9 Å². The Labute approximate surface area is 162 Å². The molecule has 2 N–H and O–H groups in total. The smallest absolute Gasteiger partial charge is 0.325 e. The van der Waals surface area contributed by atoms with Crippen molar-refractivity contribution in [3.8, 4) is 0 Å². The van der Waals surface area contributed by atoms with E-state index < -0.39 is 10.0 Å². The first-order valence-electron chi connectivity index (χ1n) is 8.89. The van der Waals surface area contributed by atoms with Gasteiger partial charge in [-0.2, -0.15) is 0 Å². The molecule has 0 aliphatic carbocycles. The summed E-state index contributed by atoms with van der Waals surface area (Å²) in [5.74, 6) is -0.370. The average Bonchev–Trinajstić information content (AvgIpc) is 2.95. The predicted octanol–water partition coefficient (Wildman–Crippen LogP) is 1.76. The van der Waals surface area contributed by atoms with E-state index in [4.69, 9.17) is 0 Å². The highest BCUT2D eigenvalue weighted by Crippen LogP contribution is 2.15. The van der Waals surface area contributed by atoms with Crippen LogP contribution in [0.2, 0.25) is 0 Å². The van der Waals surface area contributed by atoms with Gasteiger partial charge in [0.2, 0.25) is 15.9 Å². The molecule has 1 amide bonds. The van der Waals surface area contributed by atoms with E-state index in [1.165, 1.54) is 35.9 Å². The molecule has 0 saturated heterocycles. The fourth-order valence-electron chi connectivity index (χ4n) is 3.04. The number of hydrogen-bond donors (Lipinski definition) is 2. The minimum Gasteiger partial charge on any atom is -0.325 e. The van der Waals surface area contributed by atoms with Gasteiger partial charge in [-0.15, -0.1) is 0 Å². The lowest BCUT2D eigenvalue weighted by molar-refractivity contribution is -0.116. The van der Waals surface area contributed by atoms with Gasteiger partial charge in [0.25, 0.3) is 0 Å². The number of aryl methyl sites for hydroxylation is 1. The van der Waals surface area contributed by atoms with Gasteiger partial charge in [0, 0.05) is 12.2 Å². The molecule has 148 valence electrons. The normalized spacial score (nSPS) is 11.6. The van der Waals surface area contributed by atoms with Crippen molar-refractivity contribution in [3.05, 3.63) is 59.0 Å². The van der Waals surface area contributed by atoms with Gasteiger partial charge in [0.05, 0.1) is 15.9 Å². The number of hydrogen-bond acceptors (Lipinski definition) is 4. The molecular weight excluding hydrogens is 380 g/mol. The van der Waals surface area contributed by atoms with Crippen LogP contribution in [0, 0.1) is 0 Å². The molecule has 0 unspecified atom stereocenters. The van der Waals surface area contributed by atoms with Crippen molar-refractivity contribution >= 4 is 32.7 Å². The number of para-hydroxylation sites is 2. The van der Waals surface area contributed by atoms with Crippen molar-refractivity contribution in [3.63, 3.8) is 0 Å². The molecule has 0 saturated carbocycles. The van der Waals surface area contributed by atoms with Gasteiger partial charge in [-0.25, -0.2) is 17.9 Å². The number of carbonyl (C=O) groups is 1. The van der Waals surface area contributed by atoms with E-state index in [1.54, 1.807) is 4.57 Å².